The van der Waals surface area contributed by atoms with Crippen LogP contribution >= 0.6 is 0 Å². The van der Waals surface area contributed by atoms with Crippen LogP contribution < -0.4 is 10.1 Å². The van der Waals surface area contributed by atoms with Crippen molar-refractivity contribution < 1.29 is 29.3 Å². The van der Waals surface area contributed by atoms with Gasteiger partial charge in [-0.15, -0.1) is 0 Å². The molecular weight excluding hydrogens is 476 g/mol. The Labute approximate surface area is 219 Å². The lowest BCUT2D eigenvalue weighted by molar-refractivity contribution is -0.135. The summed E-state index contributed by atoms with van der Waals surface area (Å²) in [5.74, 6) is 0.296. The van der Waals surface area contributed by atoms with Crippen molar-refractivity contribution in [2.75, 3.05) is 39.9 Å². The van der Waals surface area contributed by atoms with Crippen LogP contribution in [0.1, 0.15) is 58.6 Å². The minimum absolute atomic E-state index is 0.0469. The highest BCUT2D eigenvalue weighted by Gasteiger charge is 2.42. The van der Waals surface area contributed by atoms with Crippen molar-refractivity contribution in [2.45, 2.75) is 65.1 Å². The maximum atomic E-state index is 9.00. The molecule has 3 N–H and O–H groups in total. The van der Waals surface area contributed by atoms with Crippen LogP contribution in [0.5, 0.6) is 5.75 Å². The van der Waals surface area contributed by atoms with Crippen molar-refractivity contribution in [1.82, 2.24) is 19.8 Å². The Morgan fingerprint density at radius 2 is 1.81 bits per heavy atom. The number of carboxylic acid groups (broad SMARTS) is 2. The van der Waals surface area contributed by atoms with Crippen molar-refractivity contribution >= 4 is 11.9 Å². The van der Waals surface area contributed by atoms with Crippen LogP contribution in [-0.4, -0.2) is 82.1 Å². The molecular formula is C27H42N4O6. The number of nitrogens with zero attached hydrogens (tertiary/aromatic N) is 3. The molecule has 1 atom stereocenters. The molecule has 2 aliphatic heterocycles. The van der Waals surface area contributed by atoms with Gasteiger partial charge in [0.2, 0.25) is 0 Å². The van der Waals surface area contributed by atoms with Crippen LogP contribution in [0.25, 0.3) is 11.4 Å². The maximum Gasteiger partial charge on any atom is 0.300 e. The maximum absolute atomic E-state index is 9.00. The van der Waals surface area contributed by atoms with Gasteiger partial charge in [0.05, 0.1) is 25.4 Å². The number of aromatic nitrogens is 2. The Hall–Kier alpha value is -2.95. The largest absolute Gasteiger partial charge is 0.496 e. The van der Waals surface area contributed by atoms with E-state index in [1.807, 2.05) is 6.20 Å². The Morgan fingerprint density at radius 1 is 1.19 bits per heavy atom. The fourth-order valence-corrected chi connectivity index (χ4v) is 4.79. The van der Waals surface area contributed by atoms with E-state index in [2.05, 4.69) is 53.0 Å². The van der Waals surface area contributed by atoms with Crippen molar-refractivity contribution in [3.63, 3.8) is 0 Å². The topological polar surface area (TPSA) is 126 Å². The summed E-state index contributed by atoms with van der Waals surface area (Å²) < 4.78 is 14.3. The Morgan fingerprint density at radius 3 is 2.38 bits per heavy atom. The molecule has 0 amide bonds. The lowest BCUT2D eigenvalue weighted by Crippen LogP contribution is -2.41. The van der Waals surface area contributed by atoms with E-state index in [0.29, 0.717) is 6.04 Å². The first kappa shape index (κ1) is 30.3. The molecule has 10 nitrogen and oxygen atoms in total. The van der Waals surface area contributed by atoms with Gasteiger partial charge < -0.3 is 29.6 Å². The third kappa shape index (κ3) is 9.14. The van der Waals surface area contributed by atoms with Crippen molar-refractivity contribution in [3.8, 4) is 17.1 Å². The zero-order valence-electron chi connectivity index (χ0n) is 22.7. The molecule has 0 saturated carbocycles. The molecule has 1 aromatic carbocycles. The number of nitrogens with one attached hydrogen (secondary N) is 1. The first-order valence-electron chi connectivity index (χ1n) is 12.8. The number of methoxy groups -OCH3 is 1. The molecule has 10 heteroatoms. The molecule has 37 heavy (non-hydrogen) atoms. The lowest BCUT2D eigenvalue weighted by atomic mass is 9.88. The summed E-state index contributed by atoms with van der Waals surface area (Å²) >= 11 is 0. The van der Waals surface area contributed by atoms with Crippen molar-refractivity contribution in [3.05, 3.63) is 36.2 Å². The number of hydrogen-bond donors (Lipinski definition) is 3. The van der Waals surface area contributed by atoms with E-state index in [0.717, 1.165) is 89.6 Å². The van der Waals surface area contributed by atoms with E-state index in [4.69, 9.17) is 34.3 Å². The van der Waals surface area contributed by atoms with Gasteiger partial charge in [-0.3, -0.25) is 14.5 Å². The summed E-state index contributed by atoms with van der Waals surface area (Å²) in [5.41, 5.74) is 2.40. The van der Waals surface area contributed by atoms with E-state index in [1.54, 1.807) is 7.11 Å². The fraction of sp³-hybridized carbons (Fsp3) is 0.593. The first-order chi connectivity index (χ1) is 17.6. The zero-order valence-corrected chi connectivity index (χ0v) is 22.7. The minimum atomic E-state index is -0.833. The Kier molecular flexibility index (Phi) is 12.0. The van der Waals surface area contributed by atoms with Crippen molar-refractivity contribution in [1.29, 1.82) is 0 Å². The molecule has 206 valence electrons. The SMILES string of the molecule is CC(=O)O.CC(=O)O.CCN(CC)Cc1cc(-c2nccn2C2COC3(CCNCC3)C2)ccc1OC. The van der Waals surface area contributed by atoms with E-state index < -0.39 is 11.9 Å². The molecule has 4 rings (SSSR count). The van der Waals surface area contributed by atoms with Gasteiger partial charge in [0.25, 0.3) is 11.9 Å². The summed E-state index contributed by atoms with van der Waals surface area (Å²) in [4.78, 5) is 25.1. The molecule has 2 saturated heterocycles. The second kappa shape index (κ2) is 14.7. The van der Waals surface area contributed by atoms with Gasteiger partial charge in [0, 0.05) is 43.9 Å². The highest BCUT2D eigenvalue weighted by Crippen LogP contribution is 2.40. The number of carbonyl (C=O) groups is 2. The number of rotatable bonds is 7. The minimum Gasteiger partial charge on any atom is -0.496 e. The van der Waals surface area contributed by atoms with Crippen LogP contribution in [-0.2, 0) is 20.9 Å². The summed E-state index contributed by atoms with van der Waals surface area (Å²) in [5, 5.41) is 18.3. The first-order valence-corrected chi connectivity index (χ1v) is 12.8. The van der Waals surface area contributed by atoms with E-state index >= 15 is 0 Å². The molecule has 0 radical (unpaired) electrons. The standard InChI is InChI=1S/C23H34N4O2.2C2H4O2/c1-4-26(5-2)16-19-14-18(6-7-21(19)28-3)22-25-12-13-27(22)20-15-23(29-17-20)8-10-24-11-9-23;2*1-2(3)4/h6-7,12-14,20,24H,4-5,8-11,15-17H2,1-3H3;2*1H3,(H,3,4). The van der Waals surface area contributed by atoms with Crippen LogP contribution in [0.4, 0.5) is 0 Å². The van der Waals surface area contributed by atoms with Gasteiger partial charge >= 0.3 is 0 Å². The van der Waals surface area contributed by atoms with Gasteiger partial charge in [0.1, 0.15) is 11.6 Å². The molecule has 2 fully saturated rings. The average Bonchev–Trinajstić information content (AvgIpc) is 3.50. The number of aliphatic carboxylic acids is 2. The second-order valence-electron chi connectivity index (χ2n) is 9.29. The summed E-state index contributed by atoms with van der Waals surface area (Å²) in [6.07, 6.45) is 7.30. The second-order valence-corrected chi connectivity index (χ2v) is 9.29. The Balaban J connectivity index is 0.000000530. The van der Waals surface area contributed by atoms with Crippen LogP contribution in [0, 0.1) is 0 Å². The van der Waals surface area contributed by atoms with E-state index in [1.165, 1.54) is 5.56 Å². The molecule has 1 spiro atoms. The quantitative estimate of drug-likeness (QED) is 0.503. The smallest absolute Gasteiger partial charge is 0.300 e. The number of ether oxygens (including phenoxy) is 2. The molecule has 3 heterocycles. The predicted octanol–water partition coefficient (Wildman–Crippen LogP) is 3.67. The monoisotopic (exact) mass is 518 g/mol. The van der Waals surface area contributed by atoms with Gasteiger partial charge in [-0.2, -0.15) is 0 Å². The van der Waals surface area contributed by atoms with E-state index in [9.17, 15) is 0 Å². The Bertz CT molecular complexity index is 979. The third-order valence-corrected chi connectivity index (χ3v) is 6.59. The summed E-state index contributed by atoms with van der Waals surface area (Å²) in [6, 6.07) is 6.79. The van der Waals surface area contributed by atoms with E-state index in [-0.39, 0.29) is 5.60 Å². The molecule has 2 aliphatic rings. The summed E-state index contributed by atoms with van der Waals surface area (Å²) in [7, 11) is 1.75. The summed E-state index contributed by atoms with van der Waals surface area (Å²) in [6.45, 7) is 12.4. The van der Waals surface area contributed by atoms with Gasteiger partial charge in [-0.05, 0) is 63.6 Å². The average molecular weight is 519 g/mol. The molecule has 0 bridgehead atoms. The number of imidazole rings is 1. The molecule has 1 unspecified atom stereocenters. The number of hydrogen-bond acceptors (Lipinski definition) is 7. The van der Waals surface area contributed by atoms with Gasteiger partial charge in [0.15, 0.2) is 0 Å². The lowest BCUT2D eigenvalue weighted by Gasteiger charge is -2.33. The molecule has 0 aliphatic carbocycles. The molecule has 1 aromatic heterocycles. The van der Waals surface area contributed by atoms with Crippen LogP contribution in [0.15, 0.2) is 30.6 Å². The van der Waals surface area contributed by atoms with Crippen molar-refractivity contribution in [2.24, 2.45) is 0 Å². The van der Waals surface area contributed by atoms with Gasteiger partial charge in [-0.1, -0.05) is 13.8 Å². The highest BCUT2D eigenvalue weighted by molar-refractivity contribution is 5.63. The fourth-order valence-electron chi connectivity index (χ4n) is 4.79. The normalized spacial score (nSPS) is 17.9. The van der Waals surface area contributed by atoms with Crippen LogP contribution in [0.2, 0.25) is 0 Å². The van der Waals surface area contributed by atoms with Gasteiger partial charge in [-0.25, -0.2) is 4.98 Å². The molecule has 2 aromatic rings. The van der Waals surface area contributed by atoms with Crippen LogP contribution in [0.3, 0.4) is 0 Å². The number of piperidine rings is 1. The third-order valence-electron chi connectivity index (χ3n) is 6.59. The number of carboxylic acids is 2. The highest BCUT2D eigenvalue weighted by atomic mass is 16.5. The number of benzene rings is 1. The predicted molar refractivity (Wildman–Crippen MR) is 142 cm³/mol. The zero-order chi connectivity index (χ0) is 27.4.